The maximum absolute atomic E-state index is 5.12. The molecule has 1 rings (SSSR count). The lowest BCUT2D eigenvalue weighted by molar-refractivity contribution is 0.129. The van der Waals surface area contributed by atoms with E-state index in [1.807, 2.05) is 7.05 Å². The fourth-order valence-corrected chi connectivity index (χ4v) is 2.27. The SMILES string of the molecule is CNc1nnc(CN(CCCOC)CCOC)s1. The summed E-state index contributed by atoms with van der Waals surface area (Å²) in [6.45, 7) is 4.19. The fourth-order valence-electron chi connectivity index (χ4n) is 1.53. The standard InChI is InChI=1S/C11H22N4O2S/c1-12-11-14-13-10(18-11)9-15(6-8-17-3)5-4-7-16-2/h4-9H2,1-3H3,(H,12,14). The second-order valence-electron chi connectivity index (χ2n) is 3.87. The zero-order valence-electron chi connectivity index (χ0n) is 11.3. The van der Waals surface area contributed by atoms with Crippen molar-refractivity contribution < 1.29 is 9.47 Å². The van der Waals surface area contributed by atoms with E-state index in [2.05, 4.69) is 20.4 Å². The monoisotopic (exact) mass is 274 g/mol. The van der Waals surface area contributed by atoms with Gasteiger partial charge in [0.2, 0.25) is 5.13 Å². The van der Waals surface area contributed by atoms with Crippen molar-refractivity contribution in [1.82, 2.24) is 15.1 Å². The van der Waals surface area contributed by atoms with E-state index < -0.39 is 0 Å². The molecule has 0 aliphatic rings. The molecule has 0 atom stereocenters. The molecule has 104 valence electrons. The topological polar surface area (TPSA) is 59.5 Å². The molecule has 0 aromatic carbocycles. The van der Waals surface area contributed by atoms with E-state index in [0.29, 0.717) is 0 Å². The van der Waals surface area contributed by atoms with E-state index in [4.69, 9.17) is 9.47 Å². The van der Waals surface area contributed by atoms with Crippen LogP contribution < -0.4 is 5.32 Å². The Balaban J connectivity index is 2.42. The number of aromatic nitrogens is 2. The molecule has 7 heteroatoms. The molecule has 1 aromatic rings. The van der Waals surface area contributed by atoms with Crippen LogP contribution in [0.3, 0.4) is 0 Å². The van der Waals surface area contributed by atoms with Crippen LogP contribution in [0.1, 0.15) is 11.4 Å². The number of nitrogens with zero attached hydrogens (tertiary/aromatic N) is 3. The summed E-state index contributed by atoms with van der Waals surface area (Å²) in [5, 5.41) is 13.1. The third kappa shape index (κ3) is 5.72. The Hall–Kier alpha value is -0.760. The van der Waals surface area contributed by atoms with Crippen LogP contribution in [-0.2, 0) is 16.0 Å². The van der Waals surface area contributed by atoms with Gasteiger partial charge in [-0.3, -0.25) is 4.90 Å². The van der Waals surface area contributed by atoms with Gasteiger partial charge >= 0.3 is 0 Å². The van der Waals surface area contributed by atoms with E-state index in [-0.39, 0.29) is 0 Å². The van der Waals surface area contributed by atoms with Crippen LogP contribution >= 0.6 is 11.3 Å². The smallest absolute Gasteiger partial charge is 0.205 e. The van der Waals surface area contributed by atoms with Crippen LogP contribution in [0, 0.1) is 0 Å². The van der Waals surface area contributed by atoms with E-state index in [1.165, 1.54) is 0 Å². The minimum absolute atomic E-state index is 0.727. The predicted molar refractivity (Wildman–Crippen MR) is 73.1 cm³/mol. The van der Waals surface area contributed by atoms with Crippen LogP contribution in [0.5, 0.6) is 0 Å². The molecule has 0 radical (unpaired) electrons. The highest BCUT2D eigenvalue weighted by Gasteiger charge is 2.09. The number of hydrogen-bond donors (Lipinski definition) is 1. The normalized spacial score (nSPS) is 11.1. The highest BCUT2D eigenvalue weighted by molar-refractivity contribution is 7.15. The molecule has 0 aliphatic carbocycles. The van der Waals surface area contributed by atoms with Crippen LogP contribution in [0.25, 0.3) is 0 Å². The van der Waals surface area contributed by atoms with Crippen LogP contribution in [0.2, 0.25) is 0 Å². The van der Waals surface area contributed by atoms with Crippen molar-refractivity contribution >= 4 is 16.5 Å². The molecule has 0 spiro atoms. The van der Waals surface area contributed by atoms with Crippen molar-refractivity contribution in [2.75, 3.05) is 52.9 Å². The van der Waals surface area contributed by atoms with Gasteiger partial charge in [-0.15, -0.1) is 10.2 Å². The second-order valence-corrected chi connectivity index (χ2v) is 4.93. The third-order valence-corrected chi connectivity index (χ3v) is 3.40. The Morgan fingerprint density at radius 3 is 2.56 bits per heavy atom. The van der Waals surface area contributed by atoms with Crippen LogP contribution in [0.4, 0.5) is 5.13 Å². The quantitative estimate of drug-likeness (QED) is 0.644. The fraction of sp³-hybridized carbons (Fsp3) is 0.818. The van der Waals surface area contributed by atoms with Gasteiger partial charge in [0.1, 0.15) is 5.01 Å². The summed E-state index contributed by atoms with van der Waals surface area (Å²) in [4.78, 5) is 2.31. The Bertz CT molecular complexity index is 322. The molecule has 0 bridgehead atoms. The maximum Gasteiger partial charge on any atom is 0.205 e. The van der Waals surface area contributed by atoms with E-state index in [9.17, 15) is 0 Å². The van der Waals surface area contributed by atoms with Gasteiger partial charge in [0.25, 0.3) is 0 Å². The summed E-state index contributed by atoms with van der Waals surface area (Å²) < 4.78 is 10.2. The molecular weight excluding hydrogens is 252 g/mol. The first-order valence-corrected chi connectivity index (χ1v) is 6.82. The molecular formula is C11H22N4O2S. The number of methoxy groups -OCH3 is 2. The molecule has 0 unspecified atom stereocenters. The lowest BCUT2D eigenvalue weighted by Crippen LogP contribution is -2.28. The highest BCUT2D eigenvalue weighted by Crippen LogP contribution is 2.16. The van der Waals surface area contributed by atoms with Gasteiger partial charge in [-0.25, -0.2) is 0 Å². The summed E-state index contributed by atoms with van der Waals surface area (Å²) in [5.41, 5.74) is 0. The van der Waals surface area contributed by atoms with Gasteiger partial charge in [0, 0.05) is 41.0 Å². The first-order valence-electron chi connectivity index (χ1n) is 6.00. The third-order valence-electron chi connectivity index (χ3n) is 2.47. The molecule has 1 heterocycles. The van der Waals surface area contributed by atoms with E-state index in [0.717, 1.165) is 49.4 Å². The van der Waals surface area contributed by atoms with Crippen molar-refractivity contribution in [3.63, 3.8) is 0 Å². The van der Waals surface area contributed by atoms with Crippen molar-refractivity contribution in [2.45, 2.75) is 13.0 Å². The molecule has 0 fully saturated rings. The zero-order valence-corrected chi connectivity index (χ0v) is 12.1. The van der Waals surface area contributed by atoms with E-state index >= 15 is 0 Å². The summed E-state index contributed by atoms with van der Waals surface area (Å²) in [6.07, 6.45) is 1.01. The number of anilines is 1. The summed E-state index contributed by atoms with van der Waals surface area (Å²) in [6, 6.07) is 0. The molecule has 0 aliphatic heterocycles. The lowest BCUT2D eigenvalue weighted by Gasteiger charge is -2.20. The van der Waals surface area contributed by atoms with Crippen molar-refractivity contribution in [3.05, 3.63) is 5.01 Å². The molecule has 6 nitrogen and oxygen atoms in total. The maximum atomic E-state index is 5.12. The second kappa shape index (κ2) is 9.21. The molecule has 1 aromatic heterocycles. The number of rotatable bonds is 10. The lowest BCUT2D eigenvalue weighted by atomic mass is 10.4. The zero-order chi connectivity index (χ0) is 13.2. The summed E-state index contributed by atoms with van der Waals surface area (Å²) >= 11 is 1.59. The largest absolute Gasteiger partial charge is 0.385 e. The number of ether oxygens (including phenoxy) is 2. The van der Waals surface area contributed by atoms with Crippen molar-refractivity contribution in [2.24, 2.45) is 0 Å². The van der Waals surface area contributed by atoms with Crippen LogP contribution in [0.15, 0.2) is 0 Å². The van der Waals surface area contributed by atoms with Crippen molar-refractivity contribution in [1.29, 1.82) is 0 Å². The van der Waals surface area contributed by atoms with Gasteiger partial charge < -0.3 is 14.8 Å². The minimum atomic E-state index is 0.727. The minimum Gasteiger partial charge on any atom is -0.385 e. The molecule has 0 amide bonds. The predicted octanol–water partition coefficient (Wildman–Crippen LogP) is 1.06. The highest BCUT2D eigenvalue weighted by atomic mass is 32.1. The van der Waals surface area contributed by atoms with Crippen LogP contribution in [-0.4, -0.2) is 62.7 Å². The molecule has 1 N–H and O–H groups in total. The molecule has 0 saturated heterocycles. The number of nitrogens with one attached hydrogen (secondary N) is 1. The molecule has 0 saturated carbocycles. The van der Waals surface area contributed by atoms with Gasteiger partial charge in [0.15, 0.2) is 0 Å². The Kier molecular flexibility index (Phi) is 7.83. The summed E-state index contributed by atoms with van der Waals surface area (Å²) in [7, 11) is 5.30. The van der Waals surface area contributed by atoms with E-state index in [1.54, 1.807) is 25.6 Å². The average Bonchev–Trinajstić information content (AvgIpc) is 2.83. The molecule has 18 heavy (non-hydrogen) atoms. The average molecular weight is 274 g/mol. The van der Waals surface area contributed by atoms with Gasteiger partial charge in [-0.05, 0) is 6.42 Å². The first-order chi connectivity index (χ1) is 8.80. The summed E-state index contributed by atoms with van der Waals surface area (Å²) in [5.74, 6) is 0. The Morgan fingerprint density at radius 2 is 1.94 bits per heavy atom. The number of hydrogen-bond acceptors (Lipinski definition) is 7. The van der Waals surface area contributed by atoms with Gasteiger partial charge in [0.05, 0.1) is 13.2 Å². The Labute approximate surface area is 112 Å². The van der Waals surface area contributed by atoms with Gasteiger partial charge in [-0.2, -0.15) is 0 Å². The first kappa shape index (κ1) is 15.3. The van der Waals surface area contributed by atoms with Gasteiger partial charge in [-0.1, -0.05) is 11.3 Å². The Morgan fingerprint density at radius 1 is 1.17 bits per heavy atom. The van der Waals surface area contributed by atoms with Crippen molar-refractivity contribution in [3.8, 4) is 0 Å².